The van der Waals surface area contributed by atoms with Crippen LogP contribution in [0.5, 0.6) is 0 Å². The topological polar surface area (TPSA) is 58.4 Å². The molecule has 1 aliphatic heterocycles. The van der Waals surface area contributed by atoms with E-state index in [0.29, 0.717) is 12.1 Å². The number of benzene rings is 2. The lowest BCUT2D eigenvalue weighted by Crippen LogP contribution is -2.40. The molecular weight excluding hydrogens is 497 g/mol. The van der Waals surface area contributed by atoms with Gasteiger partial charge in [-0.2, -0.15) is 0 Å². The number of carbonyl (C=O) groups is 1. The van der Waals surface area contributed by atoms with Gasteiger partial charge in [-0.1, -0.05) is 27.5 Å². The summed E-state index contributed by atoms with van der Waals surface area (Å²) in [5.41, 5.74) is 2.49. The molecule has 1 unspecified atom stereocenters. The molecule has 3 aromatic rings. The van der Waals surface area contributed by atoms with E-state index in [1.54, 1.807) is 11.0 Å². The fourth-order valence-electron chi connectivity index (χ4n) is 5.10. The third-order valence-electron chi connectivity index (χ3n) is 6.64. The smallest absolute Gasteiger partial charge is 0.227 e. The maximum atomic E-state index is 13.8. The van der Waals surface area contributed by atoms with Gasteiger partial charge in [-0.25, -0.2) is 9.37 Å². The Kier molecular flexibility index (Phi) is 5.99. The van der Waals surface area contributed by atoms with Crippen molar-refractivity contribution in [1.82, 2.24) is 9.55 Å². The van der Waals surface area contributed by atoms with Crippen molar-refractivity contribution in [1.29, 1.82) is 0 Å². The van der Waals surface area contributed by atoms with Gasteiger partial charge in [-0.15, -0.1) is 0 Å². The van der Waals surface area contributed by atoms with Crippen molar-refractivity contribution in [3.8, 4) is 0 Å². The number of carbonyl (C=O) groups excluding carboxylic acids is 1. The first-order valence-corrected chi connectivity index (χ1v) is 12.2. The van der Waals surface area contributed by atoms with Gasteiger partial charge in [-0.3, -0.25) is 4.79 Å². The number of halogens is 3. The van der Waals surface area contributed by atoms with Gasteiger partial charge in [0, 0.05) is 22.6 Å². The summed E-state index contributed by atoms with van der Waals surface area (Å²) in [5.74, 6) is 0.324. The molecule has 1 amide bonds. The van der Waals surface area contributed by atoms with Crippen LogP contribution < -0.4 is 4.90 Å². The van der Waals surface area contributed by atoms with Crippen molar-refractivity contribution in [3.05, 3.63) is 57.5 Å². The summed E-state index contributed by atoms with van der Waals surface area (Å²) in [6.45, 7) is 0. The molecule has 0 bridgehead atoms. The normalized spacial score (nSPS) is 24.3. The third-order valence-corrected chi connectivity index (χ3v) is 7.42. The highest BCUT2D eigenvalue weighted by Crippen LogP contribution is 2.41. The van der Waals surface area contributed by atoms with Gasteiger partial charge in [0.1, 0.15) is 11.6 Å². The summed E-state index contributed by atoms with van der Waals surface area (Å²) in [7, 11) is 0. The Balaban J connectivity index is 1.65. The molecule has 168 valence electrons. The largest absolute Gasteiger partial charge is 0.393 e. The second-order valence-corrected chi connectivity index (χ2v) is 10.0. The summed E-state index contributed by atoms with van der Waals surface area (Å²) in [4.78, 5) is 19.8. The van der Waals surface area contributed by atoms with Crippen LogP contribution in [0.1, 0.15) is 62.9 Å². The molecule has 1 aliphatic carbocycles. The Morgan fingerprint density at radius 2 is 1.88 bits per heavy atom. The number of anilines is 1. The summed E-state index contributed by atoms with van der Waals surface area (Å²) in [6, 6.07) is 10.4. The Morgan fingerprint density at radius 3 is 2.62 bits per heavy atom. The second-order valence-electron chi connectivity index (χ2n) is 8.71. The van der Waals surface area contributed by atoms with Gasteiger partial charge in [0.25, 0.3) is 0 Å². The summed E-state index contributed by atoms with van der Waals surface area (Å²) in [5, 5.41) is 10.0. The molecule has 1 N–H and O–H groups in total. The van der Waals surface area contributed by atoms with Crippen molar-refractivity contribution in [2.75, 3.05) is 4.90 Å². The van der Waals surface area contributed by atoms with Crippen molar-refractivity contribution >= 4 is 50.2 Å². The number of piperidine rings is 1. The number of aromatic nitrogens is 2. The zero-order valence-electron chi connectivity index (χ0n) is 17.5. The summed E-state index contributed by atoms with van der Waals surface area (Å²) < 4.78 is 17.0. The van der Waals surface area contributed by atoms with Crippen molar-refractivity contribution in [3.63, 3.8) is 0 Å². The molecule has 2 aromatic carbocycles. The molecule has 0 spiro atoms. The number of rotatable bonds is 3. The molecule has 1 saturated heterocycles. The van der Waals surface area contributed by atoms with E-state index in [9.17, 15) is 14.3 Å². The van der Waals surface area contributed by atoms with Gasteiger partial charge in [0.2, 0.25) is 5.91 Å². The number of amides is 1. The van der Waals surface area contributed by atoms with Crippen LogP contribution in [-0.2, 0) is 4.79 Å². The monoisotopic (exact) mass is 519 g/mol. The zero-order valence-corrected chi connectivity index (χ0v) is 19.8. The predicted octanol–water partition coefficient (Wildman–Crippen LogP) is 6.33. The first-order valence-electron chi connectivity index (χ1n) is 11.0. The first kappa shape index (κ1) is 21.9. The summed E-state index contributed by atoms with van der Waals surface area (Å²) >= 11 is 9.60. The Hall–Kier alpha value is -1.96. The Bertz CT molecular complexity index is 1180. The number of fused-ring (bicyclic) bond motifs is 1. The van der Waals surface area contributed by atoms with Gasteiger partial charge >= 0.3 is 0 Å². The van der Waals surface area contributed by atoms with E-state index < -0.39 is 5.82 Å². The highest BCUT2D eigenvalue weighted by molar-refractivity contribution is 9.10. The zero-order chi connectivity index (χ0) is 22.4. The fraction of sp³-hybridized carbons (Fsp3) is 0.417. The molecule has 5 nitrogen and oxygen atoms in total. The maximum Gasteiger partial charge on any atom is 0.227 e. The lowest BCUT2D eigenvalue weighted by molar-refractivity contribution is -0.120. The number of nitrogens with zero attached hydrogens (tertiary/aromatic N) is 3. The average molecular weight is 521 g/mol. The number of hydrogen-bond acceptors (Lipinski definition) is 3. The number of aliphatic hydroxyl groups excluding tert-OH is 1. The van der Waals surface area contributed by atoms with Crippen LogP contribution in [0, 0.1) is 5.82 Å². The first-order chi connectivity index (χ1) is 15.4. The van der Waals surface area contributed by atoms with E-state index in [1.807, 2.05) is 12.1 Å². The van der Waals surface area contributed by atoms with Crippen LogP contribution in [-0.4, -0.2) is 26.7 Å². The van der Waals surface area contributed by atoms with Crippen LogP contribution in [0.15, 0.2) is 40.9 Å². The molecule has 1 aromatic heterocycles. The van der Waals surface area contributed by atoms with Gasteiger partial charge in [0.15, 0.2) is 0 Å². The number of aliphatic hydroxyl groups is 1. The molecule has 8 heteroatoms. The van der Waals surface area contributed by atoms with Gasteiger partial charge in [-0.05, 0) is 74.9 Å². The van der Waals surface area contributed by atoms with E-state index in [1.165, 1.54) is 12.1 Å². The van der Waals surface area contributed by atoms with Crippen LogP contribution in [0.3, 0.4) is 0 Å². The van der Waals surface area contributed by atoms with E-state index in [2.05, 4.69) is 26.6 Å². The van der Waals surface area contributed by atoms with Crippen molar-refractivity contribution in [2.45, 2.75) is 63.1 Å². The number of hydrogen-bond donors (Lipinski definition) is 1. The standard InChI is InChI=1S/C24H24BrClFN3O2/c25-14-4-11-21-20(12-14)28-24(30(21)15-5-8-17(31)9-6-15)22-2-1-3-23(32)29(22)16-7-10-19(27)18(26)13-16/h4,7,10-13,15,17,22,31H,1-3,5-6,8-9H2. The fourth-order valence-corrected chi connectivity index (χ4v) is 5.62. The maximum absolute atomic E-state index is 13.8. The minimum Gasteiger partial charge on any atom is -0.393 e. The van der Waals surface area contributed by atoms with Gasteiger partial charge < -0.3 is 14.6 Å². The van der Waals surface area contributed by atoms with Gasteiger partial charge in [0.05, 0.1) is 28.2 Å². The lowest BCUT2D eigenvalue weighted by Gasteiger charge is -2.37. The molecule has 5 rings (SSSR count). The Labute approximate surface area is 199 Å². The lowest BCUT2D eigenvalue weighted by atomic mass is 9.92. The average Bonchev–Trinajstić information content (AvgIpc) is 3.14. The molecule has 2 heterocycles. The predicted molar refractivity (Wildman–Crippen MR) is 126 cm³/mol. The van der Waals surface area contributed by atoms with Crippen LogP contribution in [0.25, 0.3) is 11.0 Å². The Morgan fingerprint density at radius 1 is 1.09 bits per heavy atom. The number of imidazole rings is 1. The van der Waals surface area contributed by atoms with E-state index in [4.69, 9.17) is 16.6 Å². The molecular formula is C24H24BrClFN3O2. The second kappa shape index (κ2) is 8.76. The summed E-state index contributed by atoms with van der Waals surface area (Å²) in [6.07, 6.45) is 4.94. The third kappa shape index (κ3) is 3.95. The van der Waals surface area contributed by atoms with Crippen molar-refractivity contribution in [2.24, 2.45) is 0 Å². The molecule has 2 aliphatic rings. The van der Waals surface area contributed by atoms with Crippen molar-refractivity contribution < 1.29 is 14.3 Å². The quantitative estimate of drug-likeness (QED) is 0.439. The molecule has 32 heavy (non-hydrogen) atoms. The minimum atomic E-state index is -0.505. The van der Waals surface area contributed by atoms with E-state index in [-0.39, 0.29) is 29.1 Å². The molecule has 1 saturated carbocycles. The molecule has 2 fully saturated rings. The van der Waals surface area contributed by atoms with Crippen LogP contribution in [0.4, 0.5) is 10.1 Å². The van der Waals surface area contributed by atoms with E-state index in [0.717, 1.165) is 59.9 Å². The van der Waals surface area contributed by atoms with Crippen LogP contribution in [0.2, 0.25) is 5.02 Å². The highest BCUT2D eigenvalue weighted by Gasteiger charge is 2.36. The van der Waals surface area contributed by atoms with Crippen LogP contribution >= 0.6 is 27.5 Å². The minimum absolute atomic E-state index is 0.00155. The highest BCUT2D eigenvalue weighted by atomic mass is 79.9. The molecule has 1 atom stereocenters. The SMILES string of the molecule is O=C1CCCC(c2nc3cc(Br)ccc3n2C2CCC(O)CC2)N1c1ccc(F)c(Cl)c1. The van der Waals surface area contributed by atoms with E-state index >= 15 is 0 Å². The molecule has 0 radical (unpaired) electrons.